The summed E-state index contributed by atoms with van der Waals surface area (Å²) in [7, 11) is 0. The number of allylic oxidation sites excluding steroid dienone is 2. The summed E-state index contributed by atoms with van der Waals surface area (Å²) in [6, 6.07) is 0. The zero-order valence-corrected chi connectivity index (χ0v) is 13.8. The van der Waals surface area contributed by atoms with Gasteiger partial charge >= 0.3 is 0 Å². The van der Waals surface area contributed by atoms with Crippen LogP contribution in [0.25, 0.3) is 0 Å². The maximum atomic E-state index is 2.57. The Hall–Kier alpha value is -0.260. The van der Waals surface area contributed by atoms with E-state index in [9.17, 15) is 0 Å². The van der Waals surface area contributed by atoms with Crippen molar-refractivity contribution in [2.45, 2.75) is 86.5 Å². The second-order valence-corrected chi connectivity index (χ2v) is 6.06. The van der Waals surface area contributed by atoms with Crippen molar-refractivity contribution in [1.82, 2.24) is 0 Å². The first-order chi connectivity index (χ1) is 8.58. The van der Waals surface area contributed by atoms with Crippen molar-refractivity contribution in [2.24, 2.45) is 17.8 Å². The standard InChI is InChI=1S/C18H36/c1-7-10-11-12-14-18(15(4)9-3)17(6)16(5)13-8-2/h14-17H,7-13H2,1-6H3. The van der Waals surface area contributed by atoms with Crippen LogP contribution in [0.4, 0.5) is 0 Å². The van der Waals surface area contributed by atoms with Gasteiger partial charge in [-0.25, -0.2) is 0 Å². The van der Waals surface area contributed by atoms with Crippen LogP contribution in [0.5, 0.6) is 0 Å². The highest BCUT2D eigenvalue weighted by atomic mass is 14.2. The van der Waals surface area contributed by atoms with E-state index in [0.29, 0.717) is 0 Å². The molecule has 0 amide bonds. The third-order valence-electron chi connectivity index (χ3n) is 4.49. The van der Waals surface area contributed by atoms with E-state index in [1.54, 1.807) is 5.57 Å². The molecule has 0 spiro atoms. The van der Waals surface area contributed by atoms with Crippen LogP contribution in [-0.4, -0.2) is 0 Å². The highest BCUT2D eigenvalue weighted by Gasteiger charge is 2.19. The Bertz CT molecular complexity index is 214. The van der Waals surface area contributed by atoms with Gasteiger partial charge in [-0.1, -0.05) is 78.9 Å². The van der Waals surface area contributed by atoms with Gasteiger partial charge in [-0.15, -0.1) is 0 Å². The number of hydrogen-bond acceptors (Lipinski definition) is 0. The molecule has 0 aliphatic carbocycles. The van der Waals surface area contributed by atoms with Gasteiger partial charge in [0.25, 0.3) is 0 Å². The van der Waals surface area contributed by atoms with Crippen molar-refractivity contribution in [3.63, 3.8) is 0 Å². The molecule has 0 aliphatic rings. The number of unbranched alkanes of at least 4 members (excludes halogenated alkanes) is 3. The monoisotopic (exact) mass is 252 g/mol. The Kier molecular flexibility index (Phi) is 10.5. The molecule has 0 N–H and O–H groups in total. The van der Waals surface area contributed by atoms with Crippen molar-refractivity contribution < 1.29 is 0 Å². The number of hydrogen-bond donors (Lipinski definition) is 0. The van der Waals surface area contributed by atoms with E-state index in [4.69, 9.17) is 0 Å². The van der Waals surface area contributed by atoms with Crippen LogP contribution in [-0.2, 0) is 0 Å². The molecular formula is C18H36. The van der Waals surface area contributed by atoms with Gasteiger partial charge in [-0.3, -0.25) is 0 Å². The van der Waals surface area contributed by atoms with Crippen LogP contribution in [0.3, 0.4) is 0 Å². The minimum absolute atomic E-state index is 0.765. The summed E-state index contributed by atoms with van der Waals surface area (Å²) in [5.74, 6) is 2.36. The summed E-state index contributed by atoms with van der Waals surface area (Å²) < 4.78 is 0. The molecule has 18 heavy (non-hydrogen) atoms. The third-order valence-corrected chi connectivity index (χ3v) is 4.49. The molecule has 0 bridgehead atoms. The van der Waals surface area contributed by atoms with Gasteiger partial charge < -0.3 is 0 Å². The van der Waals surface area contributed by atoms with Crippen LogP contribution < -0.4 is 0 Å². The highest BCUT2D eigenvalue weighted by molar-refractivity contribution is 5.10. The molecular weight excluding hydrogens is 216 g/mol. The van der Waals surface area contributed by atoms with Gasteiger partial charge in [-0.2, -0.15) is 0 Å². The highest BCUT2D eigenvalue weighted by Crippen LogP contribution is 2.31. The van der Waals surface area contributed by atoms with Crippen LogP contribution >= 0.6 is 0 Å². The largest absolute Gasteiger partial charge is 0.0848 e. The first kappa shape index (κ1) is 17.7. The summed E-state index contributed by atoms with van der Waals surface area (Å²) in [5, 5.41) is 0. The third kappa shape index (κ3) is 6.61. The SMILES string of the molecule is CCCCCC=C(C(C)CC)C(C)C(C)CCC. The lowest BCUT2D eigenvalue weighted by Gasteiger charge is -2.27. The van der Waals surface area contributed by atoms with Crippen molar-refractivity contribution in [2.75, 3.05) is 0 Å². The molecule has 0 rings (SSSR count). The van der Waals surface area contributed by atoms with Gasteiger partial charge in [0.2, 0.25) is 0 Å². The molecule has 0 fully saturated rings. The van der Waals surface area contributed by atoms with E-state index in [1.807, 2.05) is 0 Å². The van der Waals surface area contributed by atoms with Gasteiger partial charge in [0.15, 0.2) is 0 Å². The van der Waals surface area contributed by atoms with Crippen molar-refractivity contribution in [3.05, 3.63) is 11.6 Å². The summed E-state index contributed by atoms with van der Waals surface area (Å²) in [6.45, 7) is 14.2. The average Bonchev–Trinajstić information content (AvgIpc) is 2.37. The second-order valence-electron chi connectivity index (χ2n) is 6.06. The molecule has 0 heterocycles. The van der Waals surface area contributed by atoms with Crippen LogP contribution in [0.15, 0.2) is 11.6 Å². The van der Waals surface area contributed by atoms with Gasteiger partial charge in [0.1, 0.15) is 0 Å². The first-order valence-corrected chi connectivity index (χ1v) is 8.28. The Morgan fingerprint density at radius 3 is 2.11 bits per heavy atom. The molecule has 3 atom stereocenters. The maximum Gasteiger partial charge on any atom is -0.0203 e. The van der Waals surface area contributed by atoms with E-state index < -0.39 is 0 Å². The Morgan fingerprint density at radius 2 is 1.61 bits per heavy atom. The minimum atomic E-state index is 0.765. The molecule has 0 aromatic carbocycles. The molecule has 0 heteroatoms. The number of rotatable bonds is 10. The molecule has 0 aromatic rings. The summed E-state index contributed by atoms with van der Waals surface area (Å²) in [6.07, 6.45) is 11.9. The van der Waals surface area contributed by atoms with Crippen molar-refractivity contribution in [1.29, 1.82) is 0 Å². The second kappa shape index (κ2) is 10.6. The van der Waals surface area contributed by atoms with Gasteiger partial charge in [0, 0.05) is 0 Å². The fraction of sp³-hybridized carbons (Fsp3) is 0.889. The quantitative estimate of drug-likeness (QED) is 0.303. The summed E-state index contributed by atoms with van der Waals surface area (Å²) in [4.78, 5) is 0. The molecule has 0 aromatic heterocycles. The van der Waals surface area contributed by atoms with E-state index in [-0.39, 0.29) is 0 Å². The van der Waals surface area contributed by atoms with Crippen molar-refractivity contribution >= 4 is 0 Å². The summed E-state index contributed by atoms with van der Waals surface area (Å²) >= 11 is 0. The van der Waals surface area contributed by atoms with Crippen LogP contribution in [0.1, 0.15) is 86.5 Å². The molecule has 108 valence electrons. The molecule has 3 unspecified atom stereocenters. The van der Waals surface area contributed by atoms with Crippen molar-refractivity contribution in [3.8, 4) is 0 Å². The van der Waals surface area contributed by atoms with E-state index in [2.05, 4.69) is 47.6 Å². The zero-order valence-electron chi connectivity index (χ0n) is 13.8. The smallest absolute Gasteiger partial charge is 0.0203 e. The lowest BCUT2D eigenvalue weighted by Crippen LogP contribution is -2.15. The van der Waals surface area contributed by atoms with E-state index in [0.717, 1.165) is 17.8 Å². The Morgan fingerprint density at radius 1 is 0.944 bits per heavy atom. The molecule has 0 saturated carbocycles. The van der Waals surface area contributed by atoms with Crippen LogP contribution in [0, 0.1) is 17.8 Å². The maximum absolute atomic E-state index is 2.57. The molecule has 0 radical (unpaired) electrons. The van der Waals surface area contributed by atoms with Gasteiger partial charge in [-0.05, 0) is 37.0 Å². The lowest BCUT2D eigenvalue weighted by molar-refractivity contribution is 0.375. The van der Waals surface area contributed by atoms with Crippen LogP contribution in [0.2, 0.25) is 0 Å². The topological polar surface area (TPSA) is 0 Å². The Labute approximate surface area is 116 Å². The molecule has 0 saturated heterocycles. The predicted octanol–water partition coefficient (Wildman–Crippen LogP) is 6.61. The summed E-state index contributed by atoms with van der Waals surface area (Å²) in [5.41, 5.74) is 1.73. The first-order valence-electron chi connectivity index (χ1n) is 8.28. The lowest BCUT2D eigenvalue weighted by atomic mass is 9.79. The van der Waals surface area contributed by atoms with Gasteiger partial charge in [0.05, 0.1) is 0 Å². The fourth-order valence-corrected chi connectivity index (χ4v) is 2.77. The Balaban J connectivity index is 4.55. The predicted molar refractivity (Wildman–Crippen MR) is 84.9 cm³/mol. The normalized spacial score (nSPS) is 17.6. The van der Waals surface area contributed by atoms with E-state index in [1.165, 1.54) is 44.9 Å². The molecule has 0 nitrogen and oxygen atoms in total. The average molecular weight is 252 g/mol. The fourth-order valence-electron chi connectivity index (χ4n) is 2.77. The molecule has 0 aliphatic heterocycles. The minimum Gasteiger partial charge on any atom is -0.0848 e. The zero-order chi connectivity index (χ0) is 14.0. The van der Waals surface area contributed by atoms with E-state index >= 15 is 0 Å².